The van der Waals surface area contributed by atoms with E-state index in [0.29, 0.717) is 6.04 Å². The van der Waals surface area contributed by atoms with Crippen molar-refractivity contribution < 1.29 is 0 Å². The highest BCUT2D eigenvalue weighted by Gasteiger charge is 2.18. The van der Waals surface area contributed by atoms with Crippen LogP contribution in [-0.4, -0.2) is 63.2 Å². The van der Waals surface area contributed by atoms with Gasteiger partial charge in [0.1, 0.15) is 0 Å². The lowest BCUT2D eigenvalue weighted by Crippen LogP contribution is -2.47. The summed E-state index contributed by atoms with van der Waals surface area (Å²) in [5, 5.41) is 4.43. The summed E-state index contributed by atoms with van der Waals surface area (Å²) in [6.07, 6.45) is 1.24. The van der Waals surface area contributed by atoms with E-state index in [1.807, 2.05) is 0 Å². The lowest BCUT2D eigenvalue weighted by atomic mass is 10.1. The average molecular weight is 170 g/mol. The third-order valence-electron chi connectivity index (χ3n) is 2.48. The molecule has 0 N–H and O–H groups in total. The van der Waals surface area contributed by atoms with Crippen molar-refractivity contribution in [3.63, 3.8) is 0 Å². The molecule has 3 heteroatoms. The van der Waals surface area contributed by atoms with Gasteiger partial charge in [-0.2, -0.15) is 0 Å². The van der Waals surface area contributed by atoms with Gasteiger partial charge in [-0.05, 0) is 34.1 Å². The SMILES string of the molecule is CN(C)CCC1C[N]CCN1C. The Morgan fingerprint density at radius 2 is 2.25 bits per heavy atom. The largest absolute Gasteiger partial charge is 0.309 e. The molecule has 12 heavy (non-hydrogen) atoms. The zero-order chi connectivity index (χ0) is 8.97. The second-order valence-electron chi connectivity index (χ2n) is 3.86. The molecule has 0 bridgehead atoms. The molecule has 0 aromatic rings. The summed E-state index contributed by atoms with van der Waals surface area (Å²) in [7, 11) is 6.45. The highest BCUT2D eigenvalue weighted by molar-refractivity contribution is 4.77. The standard InChI is InChI=1S/C9H20N3/c1-11(2)6-4-9-8-10-5-7-12(9)3/h9H,4-8H2,1-3H3. The second-order valence-corrected chi connectivity index (χ2v) is 3.86. The molecule has 3 nitrogen and oxygen atoms in total. The van der Waals surface area contributed by atoms with E-state index in [1.54, 1.807) is 0 Å². The summed E-state index contributed by atoms with van der Waals surface area (Å²) in [6, 6.07) is 0.682. The fourth-order valence-electron chi connectivity index (χ4n) is 1.51. The molecule has 0 aromatic carbocycles. The summed E-state index contributed by atoms with van der Waals surface area (Å²) in [6.45, 7) is 4.36. The Bertz CT molecular complexity index is 125. The fourth-order valence-corrected chi connectivity index (χ4v) is 1.51. The van der Waals surface area contributed by atoms with Crippen LogP contribution < -0.4 is 5.32 Å². The van der Waals surface area contributed by atoms with E-state index in [0.717, 1.165) is 19.6 Å². The van der Waals surface area contributed by atoms with Gasteiger partial charge in [0.2, 0.25) is 0 Å². The average Bonchev–Trinajstić information content (AvgIpc) is 2.03. The van der Waals surface area contributed by atoms with Gasteiger partial charge in [0.15, 0.2) is 0 Å². The molecule has 1 aliphatic rings. The lowest BCUT2D eigenvalue weighted by Gasteiger charge is -2.32. The van der Waals surface area contributed by atoms with E-state index in [1.165, 1.54) is 13.0 Å². The van der Waals surface area contributed by atoms with Crippen LogP contribution in [0.25, 0.3) is 0 Å². The van der Waals surface area contributed by atoms with Gasteiger partial charge in [-0.1, -0.05) is 0 Å². The van der Waals surface area contributed by atoms with Gasteiger partial charge in [-0.25, -0.2) is 5.32 Å². The Balaban J connectivity index is 2.20. The van der Waals surface area contributed by atoms with Gasteiger partial charge < -0.3 is 9.80 Å². The van der Waals surface area contributed by atoms with Crippen LogP contribution in [0.4, 0.5) is 0 Å². The fraction of sp³-hybridized carbons (Fsp3) is 1.00. The molecular weight excluding hydrogens is 150 g/mol. The molecule has 1 radical (unpaired) electrons. The molecule has 1 saturated heterocycles. The predicted molar refractivity (Wildman–Crippen MR) is 51.5 cm³/mol. The normalized spacial score (nSPS) is 26.5. The molecule has 1 fully saturated rings. The number of nitrogens with zero attached hydrogens (tertiary/aromatic N) is 3. The van der Waals surface area contributed by atoms with Crippen LogP contribution in [0.5, 0.6) is 0 Å². The molecule has 0 aliphatic carbocycles. The number of piperazine rings is 1. The van der Waals surface area contributed by atoms with E-state index in [9.17, 15) is 0 Å². The second kappa shape index (κ2) is 4.80. The molecule has 1 atom stereocenters. The van der Waals surface area contributed by atoms with Gasteiger partial charge in [0.25, 0.3) is 0 Å². The van der Waals surface area contributed by atoms with Crippen LogP contribution in [-0.2, 0) is 0 Å². The third kappa shape index (κ3) is 3.09. The Morgan fingerprint density at radius 1 is 1.50 bits per heavy atom. The summed E-state index contributed by atoms with van der Waals surface area (Å²) < 4.78 is 0. The molecule has 1 heterocycles. The minimum absolute atomic E-state index is 0.682. The Labute approximate surface area is 75.7 Å². The molecule has 0 aromatic heterocycles. The van der Waals surface area contributed by atoms with E-state index < -0.39 is 0 Å². The number of rotatable bonds is 3. The topological polar surface area (TPSA) is 20.6 Å². The first kappa shape index (κ1) is 9.96. The van der Waals surface area contributed by atoms with Gasteiger partial charge in [0, 0.05) is 25.7 Å². The first-order valence-corrected chi connectivity index (χ1v) is 4.68. The van der Waals surface area contributed by atoms with Crippen LogP contribution in [0.15, 0.2) is 0 Å². The van der Waals surface area contributed by atoms with Crippen molar-refractivity contribution >= 4 is 0 Å². The van der Waals surface area contributed by atoms with Crippen LogP contribution in [0, 0.1) is 0 Å². The zero-order valence-corrected chi connectivity index (χ0v) is 8.45. The Morgan fingerprint density at radius 3 is 2.83 bits per heavy atom. The Kier molecular flexibility index (Phi) is 3.98. The minimum Gasteiger partial charge on any atom is -0.309 e. The van der Waals surface area contributed by atoms with E-state index in [2.05, 4.69) is 36.3 Å². The van der Waals surface area contributed by atoms with Crippen LogP contribution in [0.2, 0.25) is 0 Å². The van der Waals surface area contributed by atoms with E-state index in [-0.39, 0.29) is 0 Å². The van der Waals surface area contributed by atoms with Crippen LogP contribution in [0.1, 0.15) is 6.42 Å². The molecule has 71 valence electrons. The predicted octanol–water partition coefficient (Wildman–Crippen LogP) is -0.143. The number of hydrogen-bond donors (Lipinski definition) is 0. The van der Waals surface area contributed by atoms with Crippen molar-refractivity contribution in [3.8, 4) is 0 Å². The summed E-state index contributed by atoms with van der Waals surface area (Å²) in [5.41, 5.74) is 0. The smallest absolute Gasteiger partial charge is 0.0290 e. The molecule has 0 saturated carbocycles. The van der Waals surface area contributed by atoms with Crippen LogP contribution >= 0.6 is 0 Å². The number of likely N-dealkylation sites (N-methyl/N-ethyl adjacent to an activating group) is 1. The van der Waals surface area contributed by atoms with Gasteiger partial charge >= 0.3 is 0 Å². The minimum atomic E-state index is 0.682. The van der Waals surface area contributed by atoms with Crippen LogP contribution in [0.3, 0.4) is 0 Å². The van der Waals surface area contributed by atoms with Crippen molar-refractivity contribution in [1.82, 2.24) is 15.1 Å². The molecule has 1 aliphatic heterocycles. The first-order chi connectivity index (χ1) is 5.70. The van der Waals surface area contributed by atoms with Crippen molar-refractivity contribution in [1.29, 1.82) is 0 Å². The van der Waals surface area contributed by atoms with E-state index >= 15 is 0 Å². The summed E-state index contributed by atoms with van der Waals surface area (Å²) in [5.74, 6) is 0. The molecular formula is C9H20N3. The lowest BCUT2D eigenvalue weighted by molar-refractivity contribution is 0.176. The first-order valence-electron chi connectivity index (χ1n) is 4.68. The maximum Gasteiger partial charge on any atom is 0.0290 e. The molecule has 0 spiro atoms. The highest BCUT2D eigenvalue weighted by Crippen LogP contribution is 2.05. The van der Waals surface area contributed by atoms with Crippen molar-refractivity contribution in [3.05, 3.63) is 0 Å². The maximum atomic E-state index is 4.43. The van der Waals surface area contributed by atoms with Gasteiger partial charge in [-0.3, -0.25) is 0 Å². The molecule has 0 amide bonds. The summed E-state index contributed by atoms with van der Waals surface area (Å²) >= 11 is 0. The van der Waals surface area contributed by atoms with Gasteiger partial charge in [-0.15, -0.1) is 0 Å². The summed E-state index contributed by atoms with van der Waals surface area (Å²) in [4.78, 5) is 4.67. The van der Waals surface area contributed by atoms with Gasteiger partial charge in [0.05, 0.1) is 0 Å². The highest BCUT2D eigenvalue weighted by atomic mass is 15.2. The maximum absolute atomic E-state index is 4.43. The molecule has 1 unspecified atom stereocenters. The molecule has 1 rings (SSSR count). The van der Waals surface area contributed by atoms with Crippen molar-refractivity contribution in [2.24, 2.45) is 0 Å². The van der Waals surface area contributed by atoms with Crippen molar-refractivity contribution in [2.45, 2.75) is 12.5 Å². The monoisotopic (exact) mass is 170 g/mol. The zero-order valence-electron chi connectivity index (χ0n) is 8.45. The third-order valence-corrected chi connectivity index (χ3v) is 2.48. The number of hydrogen-bond acceptors (Lipinski definition) is 2. The Hall–Kier alpha value is -0.120. The quantitative estimate of drug-likeness (QED) is 0.587. The van der Waals surface area contributed by atoms with Crippen molar-refractivity contribution in [2.75, 3.05) is 47.3 Å². The van der Waals surface area contributed by atoms with E-state index in [4.69, 9.17) is 0 Å².